The highest BCUT2D eigenvalue weighted by atomic mass is 32.2. The number of ether oxygens (including phenoxy) is 1. The summed E-state index contributed by atoms with van der Waals surface area (Å²) in [6, 6.07) is 3.91. The lowest BCUT2D eigenvalue weighted by atomic mass is 10.1. The van der Waals surface area contributed by atoms with Crippen molar-refractivity contribution < 1.29 is 4.74 Å². The maximum atomic E-state index is 14.0. The highest BCUT2D eigenvalue weighted by molar-refractivity contribution is 7.97. The van der Waals surface area contributed by atoms with Crippen molar-refractivity contribution in [2.24, 2.45) is 0 Å². The predicted molar refractivity (Wildman–Crippen MR) is 138 cm³/mol. The van der Waals surface area contributed by atoms with Crippen LogP contribution in [0.15, 0.2) is 88.3 Å². The van der Waals surface area contributed by atoms with Crippen LogP contribution >= 0.6 is 0 Å². The number of pyridine rings is 2. The number of fused-ring (bicyclic) bond motifs is 1. The molecule has 1 aliphatic carbocycles. The van der Waals surface area contributed by atoms with Gasteiger partial charge in [-0.3, -0.25) is 9.36 Å². The normalized spacial score (nSPS) is 15.2. The average Bonchev–Trinajstić information content (AvgIpc) is 2.83. The Morgan fingerprint density at radius 3 is 2.88 bits per heavy atom. The number of allylic oxidation sites excluding steroid dienone is 8. The van der Waals surface area contributed by atoms with Crippen LogP contribution in [0.5, 0.6) is 5.75 Å². The minimum Gasteiger partial charge on any atom is -0.491 e. The Hall–Kier alpha value is -2.79. The molecular formula is C27H33N2O2S+. The first-order valence-corrected chi connectivity index (χ1v) is 12.7. The first-order valence-electron chi connectivity index (χ1n) is 11.2. The summed E-state index contributed by atoms with van der Waals surface area (Å²) in [6.45, 7) is 8.37. The molecule has 32 heavy (non-hydrogen) atoms. The summed E-state index contributed by atoms with van der Waals surface area (Å²) in [4.78, 5) is 19.3. The summed E-state index contributed by atoms with van der Waals surface area (Å²) in [5.41, 5.74) is 3.00. The van der Waals surface area contributed by atoms with Crippen molar-refractivity contribution in [3.8, 4) is 5.75 Å². The van der Waals surface area contributed by atoms with Crippen molar-refractivity contribution >= 4 is 21.9 Å². The monoisotopic (exact) mass is 449 g/mol. The number of nitrogens with zero attached hydrogens (tertiary/aromatic N) is 2. The van der Waals surface area contributed by atoms with Gasteiger partial charge < -0.3 is 4.74 Å². The Morgan fingerprint density at radius 2 is 2.22 bits per heavy atom. The SMILES string of the molecule is C=C/C=C\C(=C/C)Cn1c(=O)c([S+](CCC)CC2=CCCC=C2)c(OC)c2cccnc21. The lowest BCUT2D eigenvalue weighted by Gasteiger charge is -2.17. The summed E-state index contributed by atoms with van der Waals surface area (Å²) in [5, 5.41) is 0.884. The highest BCUT2D eigenvalue weighted by Gasteiger charge is 2.33. The van der Waals surface area contributed by atoms with Gasteiger partial charge in [0, 0.05) is 17.1 Å². The zero-order valence-electron chi connectivity index (χ0n) is 19.3. The molecule has 1 unspecified atom stereocenters. The van der Waals surface area contributed by atoms with Gasteiger partial charge >= 0.3 is 5.56 Å². The summed E-state index contributed by atoms with van der Waals surface area (Å²) in [6.07, 6.45) is 19.3. The van der Waals surface area contributed by atoms with E-state index in [1.54, 1.807) is 23.9 Å². The summed E-state index contributed by atoms with van der Waals surface area (Å²) in [7, 11) is 1.40. The highest BCUT2D eigenvalue weighted by Crippen LogP contribution is 2.32. The van der Waals surface area contributed by atoms with Gasteiger partial charge in [0.05, 0.1) is 19.0 Å². The van der Waals surface area contributed by atoms with Gasteiger partial charge in [0.2, 0.25) is 0 Å². The van der Waals surface area contributed by atoms with Gasteiger partial charge in [0.15, 0.2) is 5.75 Å². The molecule has 0 radical (unpaired) electrons. The Balaban J connectivity index is 2.21. The van der Waals surface area contributed by atoms with Crippen LogP contribution in [0.2, 0.25) is 0 Å². The largest absolute Gasteiger partial charge is 0.491 e. The molecule has 5 heteroatoms. The molecule has 0 amide bonds. The molecule has 4 nitrogen and oxygen atoms in total. The molecule has 2 aromatic rings. The molecular weight excluding hydrogens is 416 g/mol. The first-order chi connectivity index (χ1) is 15.6. The molecule has 2 aromatic heterocycles. The van der Waals surface area contributed by atoms with Crippen LogP contribution in [0.3, 0.4) is 0 Å². The third-order valence-electron chi connectivity index (χ3n) is 5.45. The number of hydrogen-bond acceptors (Lipinski definition) is 3. The fourth-order valence-electron chi connectivity index (χ4n) is 3.91. The quantitative estimate of drug-likeness (QED) is 0.342. The van der Waals surface area contributed by atoms with Crippen LogP contribution in [0, 0.1) is 0 Å². The number of hydrogen-bond donors (Lipinski definition) is 0. The second kappa shape index (κ2) is 11.7. The van der Waals surface area contributed by atoms with Crippen molar-refractivity contribution in [2.75, 3.05) is 18.6 Å². The molecule has 2 heterocycles. The van der Waals surface area contributed by atoms with E-state index in [0.29, 0.717) is 17.9 Å². The Morgan fingerprint density at radius 1 is 1.38 bits per heavy atom. The molecule has 0 spiro atoms. The topological polar surface area (TPSA) is 44.1 Å². The second-order valence-corrected chi connectivity index (χ2v) is 9.78. The van der Waals surface area contributed by atoms with E-state index in [1.165, 1.54) is 5.57 Å². The average molecular weight is 450 g/mol. The summed E-state index contributed by atoms with van der Waals surface area (Å²) >= 11 is 0. The van der Waals surface area contributed by atoms with Crippen LogP contribution in [-0.4, -0.2) is 28.2 Å². The fraction of sp³-hybridized carbons (Fsp3) is 0.333. The third kappa shape index (κ3) is 5.33. The molecule has 0 N–H and O–H groups in total. The zero-order valence-corrected chi connectivity index (χ0v) is 20.2. The number of rotatable bonds is 10. The van der Waals surface area contributed by atoms with Crippen LogP contribution in [0.25, 0.3) is 11.0 Å². The lowest BCUT2D eigenvalue weighted by Crippen LogP contribution is -2.31. The van der Waals surface area contributed by atoms with Crippen LogP contribution in [0.4, 0.5) is 0 Å². The minimum absolute atomic E-state index is 0.00317. The van der Waals surface area contributed by atoms with Gasteiger partial charge in [0.25, 0.3) is 4.90 Å². The molecule has 3 rings (SSSR count). The van der Waals surface area contributed by atoms with Gasteiger partial charge in [-0.2, -0.15) is 0 Å². The van der Waals surface area contributed by atoms with Crippen molar-refractivity contribution in [3.63, 3.8) is 0 Å². The van der Waals surface area contributed by atoms with Crippen molar-refractivity contribution in [3.05, 3.63) is 88.9 Å². The number of methoxy groups -OCH3 is 1. The molecule has 0 fully saturated rings. The van der Waals surface area contributed by atoms with Gasteiger partial charge in [0.1, 0.15) is 17.2 Å². The molecule has 1 atom stereocenters. The maximum absolute atomic E-state index is 14.0. The molecule has 0 aromatic carbocycles. The van der Waals surface area contributed by atoms with Gasteiger partial charge in [-0.15, -0.1) is 0 Å². The summed E-state index contributed by atoms with van der Waals surface area (Å²) in [5.74, 6) is 2.50. The van der Waals surface area contributed by atoms with E-state index < -0.39 is 0 Å². The molecule has 0 saturated carbocycles. The minimum atomic E-state index is -0.256. The van der Waals surface area contributed by atoms with Crippen molar-refractivity contribution in [2.45, 2.75) is 44.6 Å². The molecule has 168 valence electrons. The Bertz CT molecular complexity index is 1140. The predicted octanol–water partition coefficient (Wildman–Crippen LogP) is 5.76. The van der Waals surface area contributed by atoms with Gasteiger partial charge in [-0.05, 0) is 49.5 Å². The van der Waals surface area contributed by atoms with Gasteiger partial charge in [-0.1, -0.05) is 56.0 Å². The van der Waals surface area contributed by atoms with E-state index >= 15 is 0 Å². The Labute approximate surface area is 194 Å². The van der Waals surface area contributed by atoms with E-state index in [9.17, 15) is 4.79 Å². The molecule has 0 aliphatic heterocycles. The van der Waals surface area contributed by atoms with Crippen LogP contribution < -0.4 is 10.3 Å². The van der Waals surface area contributed by atoms with E-state index in [-0.39, 0.29) is 16.5 Å². The fourth-order valence-corrected chi connectivity index (χ4v) is 6.33. The second-order valence-electron chi connectivity index (χ2n) is 7.69. The van der Waals surface area contributed by atoms with E-state index in [1.807, 2.05) is 37.3 Å². The van der Waals surface area contributed by atoms with Crippen LogP contribution in [-0.2, 0) is 17.4 Å². The van der Waals surface area contributed by atoms with Crippen molar-refractivity contribution in [1.29, 1.82) is 0 Å². The molecule has 0 bridgehead atoms. The maximum Gasteiger partial charge on any atom is 0.311 e. The standard InChI is InChI=1S/C27H33N2O2S/c1-5-8-13-21(7-3)19-29-26-23(16-12-17-28-26)24(31-4)25(27(29)30)32(18-6-2)20-22-14-10-9-11-15-22/h5,7-8,10,12-17H,1,6,9,11,18-20H2,2-4H3/q+1/b13-8-,21-7+. The molecule has 1 aliphatic rings. The third-order valence-corrected chi connectivity index (χ3v) is 7.97. The first kappa shape index (κ1) is 23.9. The Kier molecular flexibility index (Phi) is 8.74. The number of aromatic nitrogens is 2. The van der Waals surface area contributed by atoms with Crippen molar-refractivity contribution in [1.82, 2.24) is 9.55 Å². The lowest BCUT2D eigenvalue weighted by molar-refractivity contribution is 0.406. The smallest absolute Gasteiger partial charge is 0.311 e. The van der Waals surface area contributed by atoms with Gasteiger partial charge in [-0.25, -0.2) is 4.98 Å². The zero-order chi connectivity index (χ0) is 22.9. The van der Waals surface area contributed by atoms with Crippen LogP contribution in [0.1, 0.15) is 33.1 Å². The van der Waals surface area contributed by atoms with E-state index in [4.69, 9.17) is 4.74 Å². The molecule has 0 saturated heterocycles. The summed E-state index contributed by atoms with van der Waals surface area (Å²) < 4.78 is 7.68. The van der Waals surface area contributed by atoms with E-state index in [0.717, 1.165) is 46.6 Å². The van der Waals surface area contributed by atoms with E-state index in [2.05, 4.69) is 36.7 Å².